The Bertz CT molecular complexity index is 1060. The fourth-order valence-electron chi connectivity index (χ4n) is 4.32. The van der Waals surface area contributed by atoms with Crippen LogP contribution in [0, 0.1) is 5.92 Å². The standard InChI is InChI=1S/C17H21N5O2.C8H17N3O2/c18-7-5-14-10-21(11-14)9-13-1-3-15(4-2-13)22-8-6-16(19-12-23)20-17(22)24;1-10-2-4-11(5-3-10)8(13)7(9)6-12/h1-4,6,8,12,14H,5,7,9-11,18H2,(H,19,20,23,24);7,12H,2-6,9H2,1H3. The van der Waals surface area contributed by atoms with Crippen molar-refractivity contribution in [3.63, 3.8) is 0 Å². The van der Waals surface area contributed by atoms with Crippen molar-refractivity contribution in [3.05, 3.63) is 52.6 Å². The predicted molar refractivity (Wildman–Crippen MR) is 141 cm³/mol. The molecular formula is C25H38N8O4. The quantitative estimate of drug-likeness (QED) is 0.297. The zero-order valence-electron chi connectivity index (χ0n) is 21.3. The Morgan fingerprint density at radius 3 is 2.43 bits per heavy atom. The normalized spacial score (nSPS) is 17.4. The smallest absolute Gasteiger partial charge is 0.354 e. The number of hydrogen-bond donors (Lipinski definition) is 4. The average Bonchev–Trinajstić information content (AvgIpc) is 2.88. The maximum Gasteiger partial charge on any atom is 0.354 e. The van der Waals surface area contributed by atoms with Gasteiger partial charge >= 0.3 is 5.69 Å². The molecule has 2 aliphatic rings. The Hall–Kier alpha value is -3.16. The number of aromatic nitrogens is 2. The highest BCUT2D eigenvalue weighted by molar-refractivity contribution is 5.81. The minimum Gasteiger partial charge on any atom is -0.394 e. The topological polar surface area (TPSA) is 163 Å². The number of anilines is 1. The molecule has 0 aliphatic carbocycles. The summed E-state index contributed by atoms with van der Waals surface area (Å²) >= 11 is 0. The van der Waals surface area contributed by atoms with Crippen LogP contribution in [0.25, 0.3) is 5.69 Å². The molecule has 6 N–H and O–H groups in total. The second-order valence-corrected chi connectivity index (χ2v) is 9.45. The fraction of sp³-hybridized carbons (Fsp3) is 0.520. The molecule has 1 aromatic heterocycles. The molecule has 4 rings (SSSR count). The fourth-order valence-corrected chi connectivity index (χ4v) is 4.32. The number of aliphatic hydroxyl groups excluding tert-OH is 1. The van der Waals surface area contributed by atoms with E-state index in [2.05, 4.69) is 20.1 Å². The van der Waals surface area contributed by atoms with Crippen molar-refractivity contribution in [1.29, 1.82) is 0 Å². The molecule has 2 amide bonds. The summed E-state index contributed by atoms with van der Waals surface area (Å²) in [5.74, 6) is 0.834. The molecule has 0 radical (unpaired) electrons. The molecule has 12 heteroatoms. The molecule has 2 saturated heterocycles. The summed E-state index contributed by atoms with van der Waals surface area (Å²) in [4.78, 5) is 43.9. The van der Waals surface area contributed by atoms with Crippen molar-refractivity contribution < 1.29 is 14.7 Å². The first-order valence-electron chi connectivity index (χ1n) is 12.5. The maximum atomic E-state index is 12.0. The number of rotatable bonds is 9. The van der Waals surface area contributed by atoms with E-state index in [1.54, 1.807) is 17.2 Å². The summed E-state index contributed by atoms with van der Waals surface area (Å²) in [5, 5.41) is 11.1. The highest BCUT2D eigenvalue weighted by Crippen LogP contribution is 2.21. The molecule has 0 spiro atoms. The highest BCUT2D eigenvalue weighted by Gasteiger charge is 2.25. The van der Waals surface area contributed by atoms with Crippen molar-refractivity contribution in [2.24, 2.45) is 17.4 Å². The van der Waals surface area contributed by atoms with Crippen LogP contribution in [0.5, 0.6) is 0 Å². The van der Waals surface area contributed by atoms with Crippen molar-refractivity contribution in [2.75, 3.05) is 64.8 Å². The van der Waals surface area contributed by atoms with Gasteiger partial charge in [0.1, 0.15) is 11.9 Å². The van der Waals surface area contributed by atoms with Crippen molar-refractivity contribution in [1.82, 2.24) is 24.3 Å². The zero-order chi connectivity index (χ0) is 26.8. The molecule has 1 unspecified atom stereocenters. The first-order valence-corrected chi connectivity index (χ1v) is 12.5. The lowest BCUT2D eigenvalue weighted by molar-refractivity contribution is -0.135. The van der Waals surface area contributed by atoms with Gasteiger partial charge in [-0.1, -0.05) is 12.1 Å². The number of hydrogen-bond acceptors (Lipinski definition) is 9. The van der Waals surface area contributed by atoms with Gasteiger partial charge in [0, 0.05) is 52.0 Å². The van der Waals surface area contributed by atoms with Crippen LogP contribution in [-0.2, 0) is 16.1 Å². The van der Waals surface area contributed by atoms with Crippen LogP contribution >= 0.6 is 0 Å². The number of likely N-dealkylation sites (tertiary alicyclic amines) is 1. The SMILES string of the molecule is CN1CCN(C(=O)C(N)CO)CC1.NCCC1CN(Cc2ccc(-n3ccc(NC=O)nc3=O)cc2)C1. The number of aliphatic hydroxyl groups is 1. The number of piperazine rings is 1. The van der Waals surface area contributed by atoms with E-state index in [1.165, 1.54) is 10.1 Å². The highest BCUT2D eigenvalue weighted by atomic mass is 16.3. The third kappa shape index (κ3) is 8.17. The van der Waals surface area contributed by atoms with E-state index in [1.807, 2.05) is 31.3 Å². The van der Waals surface area contributed by atoms with Gasteiger partial charge in [-0.05, 0) is 49.7 Å². The van der Waals surface area contributed by atoms with Crippen LogP contribution in [0.15, 0.2) is 41.3 Å². The number of amides is 2. The molecule has 0 bridgehead atoms. The summed E-state index contributed by atoms with van der Waals surface area (Å²) < 4.78 is 1.45. The molecule has 202 valence electrons. The Morgan fingerprint density at radius 1 is 1.19 bits per heavy atom. The molecular weight excluding hydrogens is 476 g/mol. The van der Waals surface area contributed by atoms with E-state index in [-0.39, 0.29) is 18.3 Å². The molecule has 0 saturated carbocycles. The van der Waals surface area contributed by atoms with Crippen molar-refractivity contribution in [2.45, 2.75) is 19.0 Å². The van der Waals surface area contributed by atoms with Gasteiger partial charge in [-0.15, -0.1) is 0 Å². The second kappa shape index (κ2) is 14.0. The Labute approximate surface area is 216 Å². The predicted octanol–water partition coefficient (Wildman–Crippen LogP) is -1.34. The number of benzene rings is 1. The molecule has 2 aromatic rings. The Balaban J connectivity index is 0.000000248. The largest absolute Gasteiger partial charge is 0.394 e. The van der Waals surface area contributed by atoms with Crippen LogP contribution in [-0.4, -0.2) is 107 Å². The van der Waals surface area contributed by atoms with Crippen LogP contribution in [0.1, 0.15) is 12.0 Å². The summed E-state index contributed by atoms with van der Waals surface area (Å²) in [5.41, 5.74) is 12.5. The second-order valence-electron chi connectivity index (χ2n) is 9.45. The van der Waals surface area contributed by atoms with Gasteiger partial charge in [0.15, 0.2) is 0 Å². The Morgan fingerprint density at radius 2 is 1.86 bits per heavy atom. The Kier molecular flexibility index (Phi) is 10.7. The lowest BCUT2D eigenvalue weighted by Crippen LogP contribution is -2.53. The van der Waals surface area contributed by atoms with Gasteiger partial charge in [0.2, 0.25) is 12.3 Å². The third-order valence-electron chi connectivity index (χ3n) is 6.57. The van der Waals surface area contributed by atoms with Crippen molar-refractivity contribution >= 4 is 18.1 Å². The number of nitrogens with zero attached hydrogens (tertiary/aromatic N) is 5. The minimum absolute atomic E-state index is 0.143. The number of carbonyl (C=O) groups excluding carboxylic acids is 2. The van der Waals surface area contributed by atoms with Crippen LogP contribution in [0.2, 0.25) is 0 Å². The molecule has 37 heavy (non-hydrogen) atoms. The van der Waals surface area contributed by atoms with Crippen LogP contribution in [0.4, 0.5) is 5.82 Å². The monoisotopic (exact) mass is 514 g/mol. The van der Waals surface area contributed by atoms with Gasteiger partial charge in [0.05, 0.1) is 12.3 Å². The molecule has 2 fully saturated rings. The lowest BCUT2D eigenvalue weighted by Gasteiger charge is -2.39. The van der Waals surface area contributed by atoms with E-state index < -0.39 is 11.7 Å². The molecule has 1 aromatic carbocycles. The number of nitrogens with two attached hydrogens (primary N) is 2. The average molecular weight is 515 g/mol. The minimum atomic E-state index is -0.747. The van der Waals surface area contributed by atoms with Gasteiger partial charge < -0.3 is 31.7 Å². The maximum absolute atomic E-state index is 12.0. The van der Waals surface area contributed by atoms with E-state index in [4.69, 9.17) is 16.6 Å². The van der Waals surface area contributed by atoms with Crippen LogP contribution < -0.4 is 22.5 Å². The van der Waals surface area contributed by atoms with Gasteiger partial charge in [0.25, 0.3) is 0 Å². The van der Waals surface area contributed by atoms with E-state index in [0.29, 0.717) is 19.5 Å². The lowest BCUT2D eigenvalue weighted by atomic mass is 9.96. The van der Waals surface area contributed by atoms with E-state index >= 15 is 0 Å². The van der Waals surface area contributed by atoms with Gasteiger partial charge in [-0.2, -0.15) is 4.98 Å². The van der Waals surface area contributed by atoms with Gasteiger partial charge in [-0.25, -0.2) is 4.79 Å². The van der Waals surface area contributed by atoms with Gasteiger partial charge in [-0.3, -0.25) is 19.1 Å². The summed E-state index contributed by atoms with van der Waals surface area (Å²) in [6.07, 6.45) is 3.19. The van der Waals surface area contributed by atoms with Crippen LogP contribution in [0.3, 0.4) is 0 Å². The number of nitrogens with one attached hydrogen (secondary N) is 1. The number of carbonyl (C=O) groups is 2. The van der Waals surface area contributed by atoms with E-state index in [9.17, 15) is 14.4 Å². The first-order chi connectivity index (χ1) is 17.8. The molecule has 3 heterocycles. The molecule has 1 atom stereocenters. The van der Waals surface area contributed by atoms with E-state index in [0.717, 1.165) is 57.3 Å². The number of likely N-dealkylation sites (N-methyl/N-ethyl adjacent to an activating group) is 1. The zero-order valence-corrected chi connectivity index (χ0v) is 21.3. The first kappa shape index (κ1) is 28.4. The molecule has 12 nitrogen and oxygen atoms in total. The summed E-state index contributed by atoms with van der Waals surface area (Å²) in [7, 11) is 2.02. The summed E-state index contributed by atoms with van der Waals surface area (Å²) in [6.45, 7) is 6.79. The molecule has 2 aliphatic heterocycles. The third-order valence-corrected chi connectivity index (χ3v) is 6.57. The van der Waals surface area contributed by atoms with Crippen molar-refractivity contribution in [3.8, 4) is 5.69 Å². The summed E-state index contributed by atoms with van der Waals surface area (Å²) in [6, 6.07) is 8.69.